The Balaban J connectivity index is 1.56. The average molecular weight is 396 g/mol. The number of likely N-dealkylation sites (tertiary alicyclic amines) is 1. The Morgan fingerprint density at radius 3 is 2.96 bits per heavy atom. The number of pyridine rings is 1. The predicted octanol–water partition coefficient (Wildman–Crippen LogP) is 1.45. The van der Waals surface area contributed by atoms with Gasteiger partial charge in [0.05, 0.1) is 6.04 Å². The first-order chi connectivity index (χ1) is 13.5. The third-order valence-electron chi connectivity index (χ3n) is 5.09. The Kier molecular flexibility index (Phi) is 7.13. The van der Waals surface area contributed by atoms with Crippen molar-refractivity contribution in [1.82, 2.24) is 20.5 Å². The first-order valence-electron chi connectivity index (χ1n) is 9.71. The van der Waals surface area contributed by atoms with Crippen LogP contribution in [0.3, 0.4) is 0 Å². The summed E-state index contributed by atoms with van der Waals surface area (Å²) in [5.74, 6) is -0.112. The van der Waals surface area contributed by atoms with E-state index in [4.69, 9.17) is 4.74 Å². The summed E-state index contributed by atoms with van der Waals surface area (Å²) in [6.45, 7) is 1.65. The van der Waals surface area contributed by atoms with Gasteiger partial charge < -0.3 is 20.3 Å². The Morgan fingerprint density at radius 1 is 1.36 bits per heavy atom. The summed E-state index contributed by atoms with van der Waals surface area (Å²) in [4.78, 5) is 30.7. The summed E-state index contributed by atoms with van der Waals surface area (Å²) in [6.07, 6.45) is 2.40. The molecule has 3 heterocycles. The van der Waals surface area contributed by atoms with Crippen molar-refractivity contribution in [2.75, 3.05) is 32.8 Å². The Bertz CT molecular complexity index is 683. The van der Waals surface area contributed by atoms with E-state index in [0.29, 0.717) is 19.6 Å². The van der Waals surface area contributed by atoms with Crippen LogP contribution in [0.2, 0.25) is 0 Å². The monoisotopic (exact) mass is 396 g/mol. The van der Waals surface area contributed by atoms with E-state index in [1.165, 1.54) is 12.3 Å². The van der Waals surface area contributed by atoms with Crippen LogP contribution in [0.25, 0.3) is 0 Å². The molecule has 0 bridgehead atoms. The SMILES string of the molecule is O=C(NCC1CCCN(C(=O)c2ncccc2OCC(F)F)C1)C1CCCN1. The fraction of sp³-hybridized carbons (Fsp3) is 0.632. The van der Waals surface area contributed by atoms with Crippen molar-refractivity contribution in [3.05, 3.63) is 24.0 Å². The van der Waals surface area contributed by atoms with Gasteiger partial charge in [-0.15, -0.1) is 0 Å². The van der Waals surface area contributed by atoms with Gasteiger partial charge in [0, 0.05) is 25.8 Å². The molecule has 0 radical (unpaired) electrons. The lowest BCUT2D eigenvalue weighted by atomic mass is 9.97. The number of piperidine rings is 1. The maximum Gasteiger partial charge on any atom is 0.276 e. The number of nitrogens with zero attached hydrogens (tertiary/aromatic N) is 2. The Hall–Kier alpha value is -2.29. The van der Waals surface area contributed by atoms with Gasteiger partial charge in [-0.05, 0) is 50.3 Å². The Morgan fingerprint density at radius 2 is 2.21 bits per heavy atom. The highest BCUT2D eigenvalue weighted by Gasteiger charge is 2.28. The van der Waals surface area contributed by atoms with Crippen molar-refractivity contribution in [2.24, 2.45) is 5.92 Å². The van der Waals surface area contributed by atoms with Crippen LogP contribution in [0, 0.1) is 5.92 Å². The molecule has 1 aromatic rings. The number of carbonyl (C=O) groups is 2. The van der Waals surface area contributed by atoms with Crippen LogP contribution in [-0.4, -0.2) is 67.0 Å². The number of nitrogens with one attached hydrogen (secondary N) is 2. The third-order valence-corrected chi connectivity index (χ3v) is 5.09. The maximum absolute atomic E-state index is 12.9. The van der Waals surface area contributed by atoms with Crippen LogP contribution in [-0.2, 0) is 4.79 Å². The smallest absolute Gasteiger partial charge is 0.276 e. The minimum Gasteiger partial charge on any atom is -0.485 e. The van der Waals surface area contributed by atoms with Crippen LogP contribution in [0.5, 0.6) is 5.75 Å². The summed E-state index contributed by atoms with van der Waals surface area (Å²) in [6, 6.07) is 2.89. The summed E-state index contributed by atoms with van der Waals surface area (Å²) >= 11 is 0. The summed E-state index contributed by atoms with van der Waals surface area (Å²) in [5.41, 5.74) is 0.0444. The fourth-order valence-electron chi connectivity index (χ4n) is 3.66. The molecule has 2 aliphatic rings. The first-order valence-corrected chi connectivity index (χ1v) is 9.71. The van der Waals surface area contributed by atoms with E-state index in [9.17, 15) is 18.4 Å². The van der Waals surface area contributed by atoms with E-state index in [1.807, 2.05) is 0 Å². The number of carbonyl (C=O) groups excluding carboxylic acids is 2. The molecule has 2 N–H and O–H groups in total. The van der Waals surface area contributed by atoms with Gasteiger partial charge in [-0.25, -0.2) is 13.8 Å². The largest absolute Gasteiger partial charge is 0.485 e. The van der Waals surface area contributed by atoms with Gasteiger partial charge in [0.25, 0.3) is 12.3 Å². The number of hydrogen-bond donors (Lipinski definition) is 2. The standard InChI is InChI=1S/C19H26F2N4O3/c20-16(21)12-28-15-6-2-8-23-17(15)19(27)25-9-3-4-13(11-25)10-24-18(26)14-5-1-7-22-14/h2,6,8,13-14,16,22H,1,3-5,7,9-12H2,(H,24,26). The fourth-order valence-corrected chi connectivity index (χ4v) is 3.66. The first kappa shape index (κ1) is 20.4. The van der Waals surface area contributed by atoms with Crippen LogP contribution in [0.4, 0.5) is 8.78 Å². The lowest BCUT2D eigenvalue weighted by molar-refractivity contribution is -0.123. The molecule has 7 nitrogen and oxygen atoms in total. The molecule has 3 rings (SSSR count). The highest BCUT2D eigenvalue weighted by Crippen LogP contribution is 2.22. The quantitative estimate of drug-likeness (QED) is 0.729. The van der Waals surface area contributed by atoms with Crippen molar-refractivity contribution in [3.63, 3.8) is 0 Å². The molecule has 28 heavy (non-hydrogen) atoms. The van der Waals surface area contributed by atoms with E-state index in [0.717, 1.165) is 32.2 Å². The maximum atomic E-state index is 12.9. The highest BCUT2D eigenvalue weighted by molar-refractivity contribution is 5.95. The van der Waals surface area contributed by atoms with E-state index in [2.05, 4.69) is 15.6 Å². The molecular formula is C19H26F2N4O3. The zero-order valence-corrected chi connectivity index (χ0v) is 15.7. The number of halogens is 2. The molecular weight excluding hydrogens is 370 g/mol. The molecule has 2 fully saturated rings. The Labute approximate surface area is 162 Å². The third kappa shape index (κ3) is 5.37. The summed E-state index contributed by atoms with van der Waals surface area (Å²) in [7, 11) is 0. The van der Waals surface area contributed by atoms with Crippen molar-refractivity contribution >= 4 is 11.8 Å². The molecule has 2 aliphatic heterocycles. The number of alkyl halides is 2. The van der Waals surface area contributed by atoms with Gasteiger partial charge in [0.15, 0.2) is 11.4 Å². The summed E-state index contributed by atoms with van der Waals surface area (Å²) < 4.78 is 29.9. The molecule has 0 aliphatic carbocycles. The number of ether oxygens (including phenoxy) is 1. The average Bonchev–Trinajstić information content (AvgIpc) is 3.25. The van der Waals surface area contributed by atoms with Crippen LogP contribution in [0.15, 0.2) is 18.3 Å². The van der Waals surface area contributed by atoms with Crippen molar-refractivity contribution < 1.29 is 23.1 Å². The van der Waals surface area contributed by atoms with Gasteiger partial charge in [-0.3, -0.25) is 9.59 Å². The summed E-state index contributed by atoms with van der Waals surface area (Å²) in [5, 5.41) is 6.14. The second kappa shape index (κ2) is 9.77. The van der Waals surface area contributed by atoms with E-state index < -0.39 is 13.0 Å². The van der Waals surface area contributed by atoms with Gasteiger partial charge >= 0.3 is 0 Å². The van der Waals surface area contributed by atoms with E-state index in [1.54, 1.807) is 11.0 Å². The minimum atomic E-state index is -2.62. The molecule has 154 valence electrons. The van der Waals surface area contributed by atoms with Crippen molar-refractivity contribution in [2.45, 2.75) is 38.2 Å². The van der Waals surface area contributed by atoms with E-state index in [-0.39, 0.29) is 35.2 Å². The van der Waals surface area contributed by atoms with Gasteiger partial charge in [0.2, 0.25) is 5.91 Å². The van der Waals surface area contributed by atoms with Gasteiger partial charge in [-0.2, -0.15) is 0 Å². The zero-order chi connectivity index (χ0) is 19.9. The lowest BCUT2D eigenvalue weighted by Gasteiger charge is -2.33. The van der Waals surface area contributed by atoms with Crippen LogP contribution >= 0.6 is 0 Å². The predicted molar refractivity (Wildman–Crippen MR) is 98.4 cm³/mol. The molecule has 2 unspecified atom stereocenters. The number of aromatic nitrogens is 1. The van der Waals surface area contributed by atoms with Crippen LogP contribution in [0.1, 0.15) is 36.2 Å². The van der Waals surface area contributed by atoms with Crippen LogP contribution < -0.4 is 15.4 Å². The normalized spacial score (nSPS) is 22.3. The number of rotatable bonds is 7. The zero-order valence-electron chi connectivity index (χ0n) is 15.7. The molecule has 2 amide bonds. The van der Waals surface area contributed by atoms with Crippen molar-refractivity contribution in [1.29, 1.82) is 0 Å². The van der Waals surface area contributed by atoms with Gasteiger partial charge in [0.1, 0.15) is 6.61 Å². The van der Waals surface area contributed by atoms with Gasteiger partial charge in [-0.1, -0.05) is 0 Å². The minimum absolute atomic E-state index is 0.00774. The molecule has 1 aromatic heterocycles. The van der Waals surface area contributed by atoms with E-state index >= 15 is 0 Å². The lowest BCUT2D eigenvalue weighted by Crippen LogP contribution is -2.46. The molecule has 2 saturated heterocycles. The number of hydrogen-bond acceptors (Lipinski definition) is 5. The topological polar surface area (TPSA) is 83.6 Å². The number of amides is 2. The second-order valence-corrected chi connectivity index (χ2v) is 7.21. The highest BCUT2D eigenvalue weighted by atomic mass is 19.3. The second-order valence-electron chi connectivity index (χ2n) is 7.21. The molecule has 9 heteroatoms. The van der Waals surface area contributed by atoms with Crippen molar-refractivity contribution in [3.8, 4) is 5.75 Å². The molecule has 0 aromatic carbocycles. The molecule has 0 saturated carbocycles. The molecule has 2 atom stereocenters. The molecule has 0 spiro atoms.